The lowest BCUT2D eigenvalue weighted by Gasteiger charge is -2.25. The zero-order valence-corrected chi connectivity index (χ0v) is 19.6. The molecule has 3 unspecified atom stereocenters. The minimum absolute atomic E-state index is 0.0354. The molecule has 2 aliphatic rings. The molecule has 5 rings (SSSR count). The third kappa shape index (κ3) is 5.60. The fourth-order valence-corrected chi connectivity index (χ4v) is 5.36. The maximum atomic E-state index is 13.1. The number of nitrogens with zero attached hydrogens (tertiary/aromatic N) is 1. The summed E-state index contributed by atoms with van der Waals surface area (Å²) in [6, 6.07) is 24.8. The summed E-state index contributed by atoms with van der Waals surface area (Å²) in [5.74, 6) is 2.70. The number of hydrogen-bond acceptors (Lipinski definition) is 4. The Hall–Kier alpha value is -2.89. The summed E-state index contributed by atoms with van der Waals surface area (Å²) < 4.78 is 31.0. The summed E-state index contributed by atoms with van der Waals surface area (Å²) in [4.78, 5) is 2.53. The molecule has 1 saturated carbocycles. The van der Waals surface area contributed by atoms with Gasteiger partial charge in [-0.1, -0.05) is 42.5 Å². The van der Waals surface area contributed by atoms with Crippen LogP contribution in [0.5, 0.6) is 11.5 Å². The zero-order valence-electron chi connectivity index (χ0n) is 19.6. The Morgan fingerprint density at radius 2 is 1.50 bits per heavy atom. The van der Waals surface area contributed by atoms with Gasteiger partial charge in [0.1, 0.15) is 23.9 Å². The first kappa shape index (κ1) is 22.9. The number of fused-ring (bicyclic) bond motifs is 1. The van der Waals surface area contributed by atoms with Gasteiger partial charge in [-0.2, -0.15) is 0 Å². The van der Waals surface area contributed by atoms with E-state index >= 15 is 0 Å². The van der Waals surface area contributed by atoms with E-state index in [1.807, 2.05) is 30.3 Å². The molecule has 3 aromatic rings. The molecule has 2 fully saturated rings. The van der Waals surface area contributed by atoms with Gasteiger partial charge in [-0.15, -0.1) is 0 Å². The van der Waals surface area contributed by atoms with E-state index in [1.165, 1.54) is 17.7 Å². The van der Waals surface area contributed by atoms with Crippen LogP contribution in [0, 0.1) is 17.7 Å². The average Bonchev–Trinajstić information content (AvgIpc) is 3.42. The highest BCUT2D eigenvalue weighted by Gasteiger charge is 2.42. The molecular formula is C29H32FNO3. The molecule has 1 aliphatic heterocycles. The van der Waals surface area contributed by atoms with Crippen molar-refractivity contribution < 1.29 is 18.6 Å². The average molecular weight is 462 g/mol. The van der Waals surface area contributed by atoms with Gasteiger partial charge in [0.15, 0.2) is 0 Å². The van der Waals surface area contributed by atoms with Crippen molar-refractivity contribution >= 4 is 0 Å². The number of rotatable bonds is 9. The molecule has 1 heterocycles. The van der Waals surface area contributed by atoms with Gasteiger partial charge in [-0.3, -0.25) is 4.90 Å². The van der Waals surface area contributed by atoms with Crippen LogP contribution >= 0.6 is 0 Å². The summed E-state index contributed by atoms with van der Waals surface area (Å²) in [6.07, 6.45) is 2.38. The molecule has 0 bridgehead atoms. The molecule has 3 aromatic carbocycles. The van der Waals surface area contributed by atoms with Crippen LogP contribution in [0.2, 0.25) is 0 Å². The lowest BCUT2D eigenvalue weighted by atomic mass is 10.0. The van der Waals surface area contributed by atoms with Crippen LogP contribution in [0.4, 0.5) is 4.39 Å². The predicted molar refractivity (Wildman–Crippen MR) is 130 cm³/mol. The fourth-order valence-electron chi connectivity index (χ4n) is 5.36. The number of hydrogen-bond donors (Lipinski definition) is 0. The Morgan fingerprint density at radius 1 is 0.853 bits per heavy atom. The molecule has 1 aliphatic carbocycles. The van der Waals surface area contributed by atoms with Crippen molar-refractivity contribution in [2.75, 3.05) is 26.7 Å². The Labute approximate surface area is 201 Å². The van der Waals surface area contributed by atoms with Crippen molar-refractivity contribution in [1.82, 2.24) is 4.90 Å². The van der Waals surface area contributed by atoms with Gasteiger partial charge >= 0.3 is 0 Å². The van der Waals surface area contributed by atoms with Gasteiger partial charge in [-0.05, 0) is 72.2 Å². The second-order valence-corrected chi connectivity index (χ2v) is 9.47. The number of benzene rings is 3. The van der Waals surface area contributed by atoms with E-state index in [0.717, 1.165) is 49.5 Å². The normalized spacial score (nSPS) is 22.9. The van der Waals surface area contributed by atoms with Crippen molar-refractivity contribution in [3.05, 3.63) is 95.8 Å². The van der Waals surface area contributed by atoms with Crippen molar-refractivity contribution in [3.63, 3.8) is 0 Å². The minimum atomic E-state index is -0.228. The Kier molecular flexibility index (Phi) is 7.12. The lowest BCUT2D eigenvalue weighted by Crippen LogP contribution is -2.29. The van der Waals surface area contributed by atoms with Gasteiger partial charge in [0.25, 0.3) is 0 Å². The molecule has 0 aromatic heterocycles. The first-order valence-corrected chi connectivity index (χ1v) is 12.1. The molecule has 34 heavy (non-hydrogen) atoms. The molecule has 5 heteroatoms. The topological polar surface area (TPSA) is 30.9 Å². The molecule has 0 spiro atoms. The molecule has 0 N–H and O–H groups in total. The van der Waals surface area contributed by atoms with Crippen LogP contribution in [-0.2, 0) is 11.3 Å². The Bertz CT molecular complexity index is 1030. The largest absolute Gasteiger partial charge is 0.490 e. The van der Waals surface area contributed by atoms with E-state index in [4.69, 9.17) is 14.2 Å². The SMILES string of the molecule is COC(CN1CC2CC(Oc3ccc(F)cc3)C[C@H]2C1)c1ccc(OCc2ccccc2)cc1. The minimum Gasteiger partial charge on any atom is -0.490 e. The molecule has 0 amide bonds. The van der Waals surface area contributed by atoms with Crippen molar-refractivity contribution in [3.8, 4) is 11.5 Å². The number of methoxy groups -OCH3 is 1. The molecule has 0 radical (unpaired) electrons. The molecule has 4 atom stereocenters. The first-order valence-electron chi connectivity index (χ1n) is 12.1. The molecule has 178 valence electrons. The van der Waals surface area contributed by atoms with Crippen LogP contribution in [0.1, 0.15) is 30.1 Å². The standard InChI is InChI=1S/C29H32FNO3/c1-32-29(22-7-11-26(12-8-22)33-20-21-5-3-2-4-6-21)19-31-17-23-15-28(16-24(23)18-31)34-27-13-9-25(30)10-14-27/h2-14,23-24,28-29H,15-20H2,1H3/t23-,24?,28?,29?/m0/s1. The maximum Gasteiger partial charge on any atom is 0.123 e. The van der Waals surface area contributed by atoms with E-state index < -0.39 is 0 Å². The van der Waals surface area contributed by atoms with E-state index in [2.05, 4.69) is 29.2 Å². The highest BCUT2D eigenvalue weighted by atomic mass is 19.1. The van der Waals surface area contributed by atoms with Crippen LogP contribution in [0.15, 0.2) is 78.9 Å². The monoisotopic (exact) mass is 461 g/mol. The van der Waals surface area contributed by atoms with Crippen LogP contribution < -0.4 is 9.47 Å². The van der Waals surface area contributed by atoms with Crippen LogP contribution in [0.3, 0.4) is 0 Å². The number of halogens is 1. The Balaban J connectivity index is 1.10. The van der Waals surface area contributed by atoms with E-state index in [-0.39, 0.29) is 18.0 Å². The fraction of sp³-hybridized carbons (Fsp3) is 0.379. The van der Waals surface area contributed by atoms with Crippen molar-refractivity contribution in [2.45, 2.75) is 31.7 Å². The summed E-state index contributed by atoms with van der Waals surface area (Å²) >= 11 is 0. The third-order valence-electron chi connectivity index (χ3n) is 7.11. The highest BCUT2D eigenvalue weighted by molar-refractivity contribution is 5.29. The van der Waals surface area contributed by atoms with Gasteiger partial charge in [0.05, 0.1) is 12.2 Å². The quantitative estimate of drug-likeness (QED) is 0.398. The van der Waals surface area contributed by atoms with Gasteiger partial charge < -0.3 is 14.2 Å². The summed E-state index contributed by atoms with van der Waals surface area (Å²) in [6.45, 7) is 3.60. The van der Waals surface area contributed by atoms with Crippen molar-refractivity contribution in [1.29, 1.82) is 0 Å². The summed E-state index contributed by atoms with van der Waals surface area (Å²) in [5.41, 5.74) is 2.33. The maximum absolute atomic E-state index is 13.1. The second-order valence-electron chi connectivity index (χ2n) is 9.47. The first-order chi connectivity index (χ1) is 16.7. The van der Waals surface area contributed by atoms with E-state index in [9.17, 15) is 4.39 Å². The van der Waals surface area contributed by atoms with Gasteiger partial charge in [0.2, 0.25) is 0 Å². The zero-order chi connectivity index (χ0) is 23.3. The predicted octanol–water partition coefficient (Wildman–Crippen LogP) is 5.88. The van der Waals surface area contributed by atoms with Gasteiger partial charge in [0, 0.05) is 26.7 Å². The van der Waals surface area contributed by atoms with Crippen LogP contribution in [0.25, 0.3) is 0 Å². The summed E-state index contributed by atoms with van der Waals surface area (Å²) in [5, 5.41) is 0. The van der Waals surface area contributed by atoms with Crippen molar-refractivity contribution in [2.24, 2.45) is 11.8 Å². The Morgan fingerprint density at radius 3 is 2.15 bits per heavy atom. The highest BCUT2D eigenvalue weighted by Crippen LogP contribution is 2.40. The molecular weight excluding hydrogens is 429 g/mol. The number of ether oxygens (including phenoxy) is 3. The lowest BCUT2D eigenvalue weighted by molar-refractivity contribution is 0.0667. The molecule has 4 nitrogen and oxygen atoms in total. The third-order valence-corrected chi connectivity index (χ3v) is 7.11. The van der Waals surface area contributed by atoms with E-state index in [1.54, 1.807) is 19.2 Å². The summed E-state index contributed by atoms with van der Waals surface area (Å²) in [7, 11) is 1.79. The van der Waals surface area contributed by atoms with Gasteiger partial charge in [-0.25, -0.2) is 4.39 Å². The second kappa shape index (κ2) is 10.6. The smallest absolute Gasteiger partial charge is 0.123 e. The number of likely N-dealkylation sites (tertiary alicyclic amines) is 1. The van der Waals surface area contributed by atoms with Crippen LogP contribution in [-0.4, -0.2) is 37.7 Å². The van der Waals surface area contributed by atoms with E-state index in [0.29, 0.717) is 18.4 Å². The molecule has 1 saturated heterocycles.